The Balaban J connectivity index is 2.17. The second-order valence-corrected chi connectivity index (χ2v) is 6.10. The quantitative estimate of drug-likeness (QED) is 0.770. The maximum absolute atomic E-state index is 6.38. The van der Waals surface area contributed by atoms with Crippen molar-refractivity contribution >= 4 is 22.5 Å². The van der Waals surface area contributed by atoms with Gasteiger partial charge in [0.25, 0.3) is 0 Å². The SMILES string of the molecule is COCc1nc(Cl)c2cc(C3(OC)CCOCC3)c(OC)cc2n1. The van der Waals surface area contributed by atoms with Gasteiger partial charge in [-0.1, -0.05) is 11.6 Å². The predicted octanol–water partition coefficient (Wildman–Crippen LogP) is 3.09. The first-order chi connectivity index (χ1) is 11.6. The predicted molar refractivity (Wildman–Crippen MR) is 90.6 cm³/mol. The Bertz CT molecular complexity index is 732. The van der Waals surface area contributed by atoms with E-state index in [9.17, 15) is 0 Å². The molecule has 6 nitrogen and oxygen atoms in total. The molecule has 2 heterocycles. The molecule has 0 radical (unpaired) electrons. The molecule has 3 rings (SSSR count). The number of rotatable bonds is 5. The van der Waals surface area contributed by atoms with Gasteiger partial charge in [-0.2, -0.15) is 0 Å². The Morgan fingerprint density at radius 1 is 1.17 bits per heavy atom. The molecule has 0 N–H and O–H groups in total. The second kappa shape index (κ2) is 7.19. The van der Waals surface area contributed by atoms with Crippen LogP contribution in [0, 0.1) is 0 Å². The fraction of sp³-hybridized carbons (Fsp3) is 0.529. The molecule has 1 aromatic heterocycles. The molecule has 1 aliphatic heterocycles. The lowest BCUT2D eigenvalue weighted by Crippen LogP contribution is -2.36. The third-order valence-electron chi connectivity index (χ3n) is 4.47. The second-order valence-electron chi connectivity index (χ2n) is 5.74. The van der Waals surface area contributed by atoms with Gasteiger partial charge >= 0.3 is 0 Å². The van der Waals surface area contributed by atoms with Gasteiger partial charge in [0.15, 0.2) is 5.82 Å². The van der Waals surface area contributed by atoms with E-state index in [1.165, 1.54) is 0 Å². The van der Waals surface area contributed by atoms with Crippen LogP contribution >= 0.6 is 11.6 Å². The number of ether oxygens (including phenoxy) is 4. The van der Waals surface area contributed by atoms with Crippen LogP contribution in [0.2, 0.25) is 5.15 Å². The van der Waals surface area contributed by atoms with Gasteiger partial charge in [-0.15, -0.1) is 0 Å². The molecule has 0 amide bonds. The smallest absolute Gasteiger partial charge is 0.156 e. The van der Waals surface area contributed by atoms with Crippen molar-refractivity contribution < 1.29 is 18.9 Å². The maximum Gasteiger partial charge on any atom is 0.156 e. The number of nitrogens with zero attached hydrogens (tertiary/aromatic N) is 2. The van der Waals surface area contributed by atoms with Gasteiger partial charge in [0.2, 0.25) is 0 Å². The molecule has 1 aliphatic rings. The highest BCUT2D eigenvalue weighted by atomic mass is 35.5. The number of fused-ring (bicyclic) bond motifs is 1. The Morgan fingerprint density at radius 2 is 1.92 bits per heavy atom. The minimum atomic E-state index is -0.452. The van der Waals surface area contributed by atoms with Gasteiger partial charge in [-0.3, -0.25) is 0 Å². The van der Waals surface area contributed by atoms with Crippen LogP contribution < -0.4 is 4.74 Å². The molecule has 0 bridgehead atoms. The van der Waals surface area contributed by atoms with Crippen LogP contribution in [0.3, 0.4) is 0 Å². The van der Waals surface area contributed by atoms with Crippen molar-refractivity contribution in [2.45, 2.75) is 25.0 Å². The number of hydrogen-bond donors (Lipinski definition) is 0. The Morgan fingerprint density at radius 3 is 2.54 bits per heavy atom. The molecule has 0 spiro atoms. The van der Waals surface area contributed by atoms with Gasteiger partial charge in [-0.25, -0.2) is 9.97 Å². The average molecular weight is 353 g/mol. The largest absolute Gasteiger partial charge is 0.496 e. The lowest BCUT2D eigenvalue weighted by molar-refractivity contribution is -0.0956. The lowest BCUT2D eigenvalue weighted by atomic mass is 9.85. The fourth-order valence-electron chi connectivity index (χ4n) is 3.17. The summed E-state index contributed by atoms with van der Waals surface area (Å²) in [6, 6.07) is 3.86. The summed E-state index contributed by atoms with van der Waals surface area (Å²) < 4.78 is 22.1. The molecule has 1 saturated heterocycles. The number of hydrogen-bond acceptors (Lipinski definition) is 6. The van der Waals surface area contributed by atoms with E-state index in [2.05, 4.69) is 9.97 Å². The summed E-state index contributed by atoms with van der Waals surface area (Å²) in [7, 11) is 4.96. The van der Waals surface area contributed by atoms with Crippen molar-refractivity contribution in [2.24, 2.45) is 0 Å². The van der Waals surface area contributed by atoms with E-state index in [1.54, 1.807) is 21.3 Å². The molecular weight excluding hydrogens is 332 g/mol. The monoisotopic (exact) mass is 352 g/mol. The average Bonchev–Trinajstić information content (AvgIpc) is 2.61. The Kier molecular flexibility index (Phi) is 5.20. The zero-order valence-corrected chi connectivity index (χ0v) is 14.9. The van der Waals surface area contributed by atoms with Crippen molar-refractivity contribution in [3.8, 4) is 5.75 Å². The van der Waals surface area contributed by atoms with Crippen LogP contribution in [-0.4, -0.2) is 44.5 Å². The van der Waals surface area contributed by atoms with Gasteiger partial charge in [0, 0.05) is 57.3 Å². The number of benzene rings is 1. The van der Waals surface area contributed by atoms with Crippen molar-refractivity contribution in [1.82, 2.24) is 9.97 Å². The van der Waals surface area contributed by atoms with Crippen molar-refractivity contribution in [3.63, 3.8) is 0 Å². The summed E-state index contributed by atoms with van der Waals surface area (Å²) in [5.74, 6) is 1.27. The first-order valence-corrected chi connectivity index (χ1v) is 8.18. The first-order valence-electron chi connectivity index (χ1n) is 7.80. The molecule has 7 heteroatoms. The summed E-state index contributed by atoms with van der Waals surface area (Å²) in [5, 5.41) is 1.17. The fourth-order valence-corrected chi connectivity index (χ4v) is 3.42. The molecule has 0 aliphatic carbocycles. The van der Waals surface area contributed by atoms with Gasteiger partial charge in [0.1, 0.15) is 23.1 Å². The van der Waals surface area contributed by atoms with E-state index < -0.39 is 5.60 Å². The van der Waals surface area contributed by atoms with E-state index in [1.807, 2.05) is 12.1 Å². The molecule has 1 fully saturated rings. The van der Waals surface area contributed by atoms with E-state index >= 15 is 0 Å². The van der Waals surface area contributed by atoms with Gasteiger partial charge in [0.05, 0.1) is 12.6 Å². The van der Waals surface area contributed by atoms with Gasteiger partial charge in [-0.05, 0) is 6.07 Å². The minimum absolute atomic E-state index is 0.305. The van der Waals surface area contributed by atoms with E-state index in [-0.39, 0.29) is 0 Å². The number of aromatic nitrogens is 2. The van der Waals surface area contributed by atoms with E-state index in [4.69, 9.17) is 30.5 Å². The molecule has 0 unspecified atom stereocenters. The van der Waals surface area contributed by atoms with E-state index in [0.717, 1.165) is 35.1 Å². The zero-order chi connectivity index (χ0) is 17.2. The maximum atomic E-state index is 6.38. The Hall–Kier alpha value is -1.47. The first kappa shape index (κ1) is 17.4. The summed E-state index contributed by atoms with van der Waals surface area (Å²) in [4.78, 5) is 8.81. The highest BCUT2D eigenvalue weighted by Crippen LogP contribution is 2.42. The summed E-state index contributed by atoms with van der Waals surface area (Å²) >= 11 is 6.38. The van der Waals surface area contributed by atoms with Crippen LogP contribution in [0.4, 0.5) is 0 Å². The molecule has 0 saturated carbocycles. The molecule has 24 heavy (non-hydrogen) atoms. The van der Waals surface area contributed by atoms with Crippen LogP contribution in [0.1, 0.15) is 24.2 Å². The van der Waals surface area contributed by atoms with Crippen LogP contribution in [0.5, 0.6) is 5.75 Å². The highest BCUT2D eigenvalue weighted by Gasteiger charge is 2.37. The van der Waals surface area contributed by atoms with Crippen molar-refractivity contribution in [1.29, 1.82) is 0 Å². The van der Waals surface area contributed by atoms with Crippen LogP contribution in [-0.2, 0) is 26.4 Å². The summed E-state index contributed by atoms with van der Waals surface area (Å²) in [6.45, 7) is 1.59. The summed E-state index contributed by atoms with van der Waals surface area (Å²) in [5.41, 5.74) is 1.22. The molecule has 2 aromatic rings. The third-order valence-corrected chi connectivity index (χ3v) is 4.76. The Labute approximate surface area is 146 Å². The standard InChI is InChI=1S/C17H21ClN2O4/c1-21-10-15-19-13-9-14(22-2)12(8-11(13)16(18)20-15)17(23-3)4-6-24-7-5-17/h8-9H,4-7,10H2,1-3H3. The summed E-state index contributed by atoms with van der Waals surface area (Å²) in [6.07, 6.45) is 1.51. The van der Waals surface area contributed by atoms with Gasteiger partial charge < -0.3 is 18.9 Å². The van der Waals surface area contributed by atoms with Crippen LogP contribution in [0.15, 0.2) is 12.1 Å². The molecule has 130 valence electrons. The number of halogens is 1. The highest BCUT2D eigenvalue weighted by molar-refractivity contribution is 6.34. The van der Waals surface area contributed by atoms with Crippen molar-refractivity contribution in [2.75, 3.05) is 34.5 Å². The normalized spacial score (nSPS) is 17.2. The molecule has 1 aromatic carbocycles. The number of methoxy groups -OCH3 is 3. The van der Waals surface area contributed by atoms with Crippen LogP contribution in [0.25, 0.3) is 10.9 Å². The van der Waals surface area contributed by atoms with E-state index in [0.29, 0.717) is 30.8 Å². The van der Waals surface area contributed by atoms with Crippen molar-refractivity contribution in [3.05, 3.63) is 28.7 Å². The zero-order valence-electron chi connectivity index (χ0n) is 14.1. The molecule has 0 atom stereocenters. The third kappa shape index (κ3) is 3.07. The minimum Gasteiger partial charge on any atom is -0.496 e. The lowest BCUT2D eigenvalue weighted by Gasteiger charge is -2.37. The topological polar surface area (TPSA) is 62.7 Å². The molecular formula is C17H21ClN2O4.